The first-order chi connectivity index (χ1) is 11.6. The molecule has 1 saturated carbocycles. The SMILES string of the molecule is O=C(NC1CC1)[C@H](O)C1CCN(CCOc2ccc(F)cc2)CC1. The van der Waals surface area contributed by atoms with Crippen LogP contribution >= 0.6 is 0 Å². The molecule has 0 spiro atoms. The van der Waals surface area contributed by atoms with E-state index in [1.165, 1.54) is 12.1 Å². The molecule has 2 aliphatic rings. The van der Waals surface area contributed by atoms with Crippen LogP contribution in [0.25, 0.3) is 0 Å². The number of piperidine rings is 1. The van der Waals surface area contributed by atoms with Crippen molar-refractivity contribution in [1.82, 2.24) is 10.2 Å². The van der Waals surface area contributed by atoms with E-state index in [1.807, 2.05) is 0 Å². The number of nitrogens with zero attached hydrogens (tertiary/aromatic N) is 1. The van der Waals surface area contributed by atoms with Crippen molar-refractivity contribution >= 4 is 5.91 Å². The van der Waals surface area contributed by atoms with Crippen LogP contribution in [0.15, 0.2) is 24.3 Å². The lowest BCUT2D eigenvalue weighted by Crippen LogP contribution is -2.45. The van der Waals surface area contributed by atoms with E-state index < -0.39 is 6.10 Å². The normalized spacial score (nSPS) is 20.6. The highest BCUT2D eigenvalue weighted by Gasteiger charge is 2.32. The first-order valence-electron chi connectivity index (χ1n) is 8.71. The number of likely N-dealkylation sites (tertiary alicyclic amines) is 1. The summed E-state index contributed by atoms with van der Waals surface area (Å²) in [4.78, 5) is 14.2. The Labute approximate surface area is 141 Å². The second-order valence-corrected chi connectivity index (χ2v) is 6.71. The Hall–Kier alpha value is -1.66. The van der Waals surface area contributed by atoms with E-state index >= 15 is 0 Å². The molecule has 132 valence electrons. The van der Waals surface area contributed by atoms with Crippen molar-refractivity contribution in [3.05, 3.63) is 30.1 Å². The highest BCUT2D eigenvalue weighted by molar-refractivity contribution is 5.81. The van der Waals surface area contributed by atoms with Crippen molar-refractivity contribution in [2.75, 3.05) is 26.2 Å². The maximum Gasteiger partial charge on any atom is 0.249 e. The first kappa shape index (κ1) is 17.2. The average Bonchev–Trinajstić information content (AvgIpc) is 3.40. The van der Waals surface area contributed by atoms with Crippen LogP contribution in [-0.2, 0) is 4.79 Å². The van der Waals surface area contributed by atoms with Gasteiger partial charge in [-0.15, -0.1) is 0 Å². The summed E-state index contributed by atoms with van der Waals surface area (Å²) >= 11 is 0. The third-order valence-corrected chi connectivity index (χ3v) is 4.76. The van der Waals surface area contributed by atoms with Crippen LogP contribution in [0.5, 0.6) is 5.75 Å². The fourth-order valence-corrected chi connectivity index (χ4v) is 3.04. The molecule has 1 aliphatic heterocycles. The Bertz CT molecular complexity index is 540. The number of nitrogens with one attached hydrogen (secondary N) is 1. The number of aliphatic hydroxyl groups is 1. The van der Waals surface area contributed by atoms with Crippen LogP contribution in [-0.4, -0.2) is 54.3 Å². The minimum atomic E-state index is -0.886. The van der Waals surface area contributed by atoms with Gasteiger partial charge in [-0.05, 0) is 69.0 Å². The third-order valence-electron chi connectivity index (χ3n) is 4.76. The predicted octanol–water partition coefficient (Wildman–Crippen LogP) is 1.56. The highest BCUT2D eigenvalue weighted by Crippen LogP contribution is 2.23. The van der Waals surface area contributed by atoms with Crippen LogP contribution in [0, 0.1) is 11.7 Å². The highest BCUT2D eigenvalue weighted by atomic mass is 19.1. The van der Waals surface area contributed by atoms with Crippen LogP contribution in [0.2, 0.25) is 0 Å². The zero-order chi connectivity index (χ0) is 16.9. The van der Waals surface area contributed by atoms with Gasteiger partial charge in [0.2, 0.25) is 5.91 Å². The molecule has 5 nitrogen and oxygen atoms in total. The molecule has 0 unspecified atom stereocenters. The second kappa shape index (κ2) is 7.94. The summed E-state index contributed by atoms with van der Waals surface area (Å²) < 4.78 is 18.4. The van der Waals surface area contributed by atoms with Gasteiger partial charge in [0.05, 0.1) is 0 Å². The van der Waals surface area contributed by atoms with Gasteiger partial charge in [0, 0.05) is 12.6 Å². The molecule has 0 bridgehead atoms. The van der Waals surface area contributed by atoms with E-state index in [-0.39, 0.29) is 23.7 Å². The summed E-state index contributed by atoms with van der Waals surface area (Å²) in [6, 6.07) is 6.30. The molecular formula is C18H25FN2O3. The number of benzene rings is 1. The molecule has 6 heteroatoms. The summed E-state index contributed by atoms with van der Waals surface area (Å²) in [6.45, 7) is 3.03. The predicted molar refractivity (Wildman–Crippen MR) is 88.2 cm³/mol. The van der Waals surface area contributed by atoms with Gasteiger partial charge >= 0.3 is 0 Å². The van der Waals surface area contributed by atoms with E-state index in [4.69, 9.17) is 4.74 Å². The Balaban J connectivity index is 1.34. The maximum atomic E-state index is 12.8. The van der Waals surface area contributed by atoms with E-state index in [0.717, 1.165) is 45.3 Å². The van der Waals surface area contributed by atoms with Gasteiger partial charge in [-0.1, -0.05) is 0 Å². The van der Waals surface area contributed by atoms with Gasteiger partial charge in [-0.3, -0.25) is 9.69 Å². The first-order valence-corrected chi connectivity index (χ1v) is 8.71. The monoisotopic (exact) mass is 336 g/mol. The van der Waals surface area contributed by atoms with Gasteiger partial charge in [-0.25, -0.2) is 4.39 Å². The van der Waals surface area contributed by atoms with Gasteiger partial charge in [0.15, 0.2) is 0 Å². The number of carbonyl (C=O) groups is 1. The number of carbonyl (C=O) groups excluding carboxylic acids is 1. The Morgan fingerprint density at radius 1 is 1.25 bits per heavy atom. The second-order valence-electron chi connectivity index (χ2n) is 6.71. The van der Waals surface area contributed by atoms with E-state index in [9.17, 15) is 14.3 Å². The number of amides is 1. The van der Waals surface area contributed by atoms with Gasteiger partial charge in [0.25, 0.3) is 0 Å². The lowest BCUT2D eigenvalue weighted by Gasteiger charge is -2.33. The van der Waals surface area contributed by atoms with Gasteiger partial charge < -0.3 is 15.2 Å². The fourth-order valence-electron chi connectivity index (χ4n) is 3.04. The molecule has 1 atom stereocenters. The number of hydrogen-bond acceptors (Lipinski definition) is 4. The number of ether oxygens (including phenoxy) is 1. The Morgan fingerprint density at radius 2 is 1.92 bits per heavy atom. The van der Waals surface area contributed by atoms with Gasteiger partial charge in [-0.2, -0.15) is 0 Å². The molecule has 1 heterocycles. The van der Waals surface area contributed by atoms with Gasteiger partial charge in [0.1, 0.15) is 24.3 Å². The van der Waals surface area contributed by atoms with Crippen molar-refractivity contribution in [2.24, 2.45) is 5.92 Å². The topological polar surface area (TPSA) is 61.8 Å². The number of rotatable bonds is 7. The maximum absolute atomic E-state index is 12.8. The summed E-state index contributed by atoms with van der Waals surface area (Å²) in [7, 11) is 0. The molecule has 0 radical (unpaired) electrons. The molecule has 0 aromatic heterocycles. The summed E-state index contributed by atoms with van der Waals surface area (Å²) in [6.07, 6.45) is 2.81. The summed E-state index contributed by atoms with van der Waals surface area (Å²) in [5.41, 5.74) is 0. The summed E-state index contributed by atoms with van der Waals surface area (Å²) in [5, 5.41) is 13.0. The average molecular weight is 336 g/mol. The molecule has 24 heavy (non-hydrogen) atoms. The lowest BCUT2D eigenvalue weighted by atomic mass is 9.90. The van der Waals surface area contributed by atoms with E-state index in [0.29, 0.717) is 12.4 Å². The Kier molecular flexibility index (Phi) is 5.68. The largest absolute Gasteiger partial charge is 0.492 e. The van der Waals surface area contributed by atoms with Crippen molar-refractivity contribution in [1.29, 1.82) is 0 Å². The van der Waals surface area contributed by atoms with Crippen LogP contribution in [0.1, 0.15) is 25.7 Å². The van der Waals surface area contributed by atoms with Crippen molar-refractivity contribution in [3.8, 4) is 5.75 Å². The lowest BCUT2D eigenvalue weighted by molar-refractivity contribution is -0.133. The van der Waals surface area contributed by atoms with Crippen LogP contribution < -0.4 is 10.1 Å². The molecular weight excluding hydrogens is 311 g/mol. The van der Waals surface area contributed by atoms with Crippen molar-refractivity contribution < 1.29 is 19.0 Å². The molecule has 1 saturated heterocycles. The minimum Gasteiger partial charge on any atom is -0.492 e. The summed E-state index contributed by atoms with van der Waals surface area (Å²) in [5.74, 6) is 0.223. The number of aliphatic hydroxyl groups excluding tert-OH is 1. The number of halogens is 1. The van der Waals surface area contributed by atoms with Crippen molar-refractivity contribution in [2.45, 2.75) is 37.8 Å². The molecule has 1 aliphatic carbocycles. The minimum absolute atomic E-state index is 0.0398. The molecule has 1 aromatic carbocycles. The van der Waals surface area contributed by atoms with Crippen molar-refractivity contribution in [3.63, 3.8) is 0 Å². The zero-order valence-corrected chi connectivity index (χ0v) is 13.8. The molecule has 2 N–H and O–H groups in total. The quantitative estimate of drug-likeness (QED) is 0.793. The van der Waals surface area contributed by atoms with E-state index in [2.05, 4.69) is 10.2 Å². The third kappa shape index (κ3) is 4.92. The molecule has 2 fully saturated rings. The molecule has 1 aromatic rings. The Morgan fingerprint density at radius 3 is 2.54 bits per heavy atom. The molecule has 1 amide bonds. The zero-order valence-electron chi connectivity index (χ0n) is 13.8. The fraction of sp³-hybridized carbons (Fsp3) is 0.611. The standard InChI is InChI=1S/C18H25FN2O3/c19-14-1-5-16(6-2-14)24-12-11-21-9-7-13(8-10-21)17(22)18(23)20-15-3-4-15/h1-2,5-6,13,15,17,22H,3-4,7-12H2,(H,20,23)/t17-/m1/s1. The van der Waals surface area contributed by atoms with Crippen LogP contribution in [0.4, 0.5) is 4.39 Å². The van der Waals surface area contributed by atoms with E-state index in [1.54, 1.807) is 12.1 Å². The molecule has 3 rings (SSSR count). The smallest absolute Gasteiger partial charge is 0.249 e. The van der Waals surface area contributed by atoms with Crippen LogP contribution in [0.3, 0.4) is 0 Å². The number of hydrogen-bond donors (Lipinski definition) is 2.